The minimum Gasteiger partial charge on any atom is -0.366 e. The average molecular weight is 419 g/mol. The molecule has 158 valence electrons. The molecule has 2 amide bonds. The number of nitrogens with two attached hydrogens (primary N) is 1. The van der Waals surface area contributed by atoms with Gasteiger partial charge in [-0.05, 0) is 61.4 Å². The van der Waals surface area contributed by atoms with Crippen LogP contribution in [0.15, 0.2) is 60.7 Å². The van der Waals surface area contributed by atoms with Gasteiger partial charge in [0.05, 0.1) is 22.9 Å². The van der Waals surface area contributed by atoms with Crippen LogP contribution in [0.2, 0.25) is 0 Å². The molecule has 3 N–H and O–H groups in total. The summed E-state index contributed by atoms with van der Waals surface area (Å²) >= 11 is 0. The molecule has 0 radical (unpaired) electrons. The molecule has 1 fully saturated rings. The summed E-state index contributed by atoms with van der Waals surface area (Å²) in [4.78, 5) is 26.4. The fourth-order valence-electron chi connectivity index (χ4n) is 3.71. The highest BCUT2D eigenvalue weighted by Crippen LogP contribution is 2.25. The van der Waals surface area contributed by atoms with E-state index in [1.54, 1.807) is 36.4 Å². The molecule has 1 aromatic heterocycles. The Morgan fingerprint density at radius 2 is 1.81 bits per heavy atom. The van der Waals surface area contributed by atoms with Crippen LogP contribution in [0.25, 0.3) is 11.3 Å². The van der Waals surface area contributed by atoms with Gasteiger partial charge in [0.25, 0.3) is 5.91 Å². The second kappa shape index (κ2) is 8.91. The first-order valence-electron chi connectivity index (χ1n) is 10.1. The first kappa shape index (κ1) is 20.5. The van der Waals surface area contributed by atoms with E-state index in [-0.39, 0.29) is 23.2 Å². The van der Waals surface area contributed by atoms with E-state index < -0.39 is 5.91 Å². The molecule has 1 aliphatic heterocycles. The summed E-state index contributed by atoms with van der Waals surface area (Å²) in [7, 11) is 0. The average Bonchev–Trinajstić information content (AvgIpc) is 2.80. The van der Waals surface area contributed by atoms with Crippen molar-refractivity contribution in [2.24, 2.45) is 11.7 Å². The van der Waals surface area contributed by atoms with Gasteiger partial charge in [0.1, 0.15) is 5.82 Å². The molecule has 0 saturated carbocycles. The second-order valence-electron chi connectivity index (χ2n) is 7.47. The van der Waals surface area contributed by atoms with Crippen LogP contribution in [0.5, 0.6) is 0 Å². The molecule has 7 nitrogen and oxygen atoms in total. The number of amides is 2. The molecule has 31 heavy (non-hydrogen) atoms. The Hall–Kier alpha value is -3.81. The van der Waals surface area contributed by atoms with Crippen molar-refractivity contribution >= 4 is 23.3 Å². The Balaban J connectivity index is 1.44. The van der Waals surface area contributed by atoms with Crippen molar-refractivity contribution < 1.29 is 14.0 Å². The Morgan fingerprint density at radius 3 is 2.52 bits per heavy atom. The summed E-state index contributed by atoms with van der Waals surface area (Å²) in [6, 6.07) is 16.5. The number of nitrogens with one attached hydrogen (secondary N) is 1. The summed E-state index contributed by atoms with van der Waals surface area (Å²) in [6.07, 6.45) is 1.57. The number of para-hydroxylation sites is 1. The van der Waals surface area contributed by atoms with Gasteiger partial charge in [0.2, 0.25) is 5.91 Å². The first-order chi connectivity index (χ1) is 15.0. The highest BCUT2D eigenvalue weighted by molar-refractivity contribution is 6.03. The quantitative estimate of drug-likeness (QED) is 0.661. The lowest BCUT2D eigenvalue weighted by Crippen LogP contribution is -2.41. The number of carbonyl (C=O) groups is 2. The maximum absolute atomic E-state index is 13.1. The lowest BCUT2D eigenvalue weighted by molar-refractivity contribution is -0.120. The molecule has 1 saturated heterocycles. The molecule has 0 bridgehead atoms. The Kier molecular flexibility index (Phi) is 5.88. The van der Waals surface area contributed by atoms with E-state index in [1.807, 2.05) is 17.0 Å². The van der Waals surface area contributed by atoms with E-state index in [0.29, 0.717) is 23.7 Å². The second-order valence-corrected chi connectivity index (χ2v) is 7.47. The van der Waals surface area contributed by atoms with Gasteiger partial charge in [-0.1, -0.05) is 12.1 Å². The summed E-state index contributed by atoms with van der Waals surface area (Å²) in [5, 5.41) is 11.4. The fourth-order valence-corrected chi connectivity index (χ4v) is 3.71. The molecule has 2 aromatic carbocycles. The molecule has 4 rings (SSSR count). The standard InChI is InChI=1S/C23H22FN5O2/c24-17-9-7-15(8-10-17)19-11-12-21(28-27-19)29-13-3-4-16(14-29)23(31)26-20-6-2-1-5-18(20)22(25)30/h1-2,5-12,16H,3-4,13-14H2,(H2,25,30)(H,26,31). The number of nitrogens with zero attached hydrogens (tertiary/aromatic N) is 3. The van der Waals surface area contributed by atoms with Crippen LogP contribution in [0, 0.1) is 11.7 Å². The molecule has 1 unspecified atom stereocenters. The van der Waals surface area contributed by atoms with Crippen LogP contribution in [0.3, 0.4) is 0 Å². The minimum atomic E-state index is -0.585. The minimum absolute atomic E-state index is 0.158. The van der Waals surface area contributed by atoms with E-state index in [0.717, 1.165) is 24.9 Å². The lowest BCUT2D eigenvalue weighted by Gasteiger charge is -2.32. The topological polar surface area (TPSA) is 101 Å². The molecule has 3 aromatic rings. The molecule has 2 heterocycles. The molecular weight excluding hydrogens is 397 g/mol. The van der Waals surface area contributed by atoms with Gasteiger partial charge in [-0.2, -0.15) is 0 Å². The van der Waals surface area contributed by atoms with Gasteiger partial charge in [0, 0.05) is 18.7 Å². The van der Waals surface area contributed by atoms with E-state index in [2.05, 4.69) is 15.5 Å². The smallest absolute Gasteiger partial charge is 0.250 e. The van der Waals surface area contributed by atoms with Gasteiger partial charge in [-0.3, -0.25) is 9.59 Å². The van der Waals surface area contributed by atoms with Crippen LogP contribution in [-0.4, -0.2) is 35.1 Å². The fraction of sp³-hybridized carbons (Fsp3) is 0.217. The van der Waals surface area contributed by atoms with Crippen molar-refractivity contribution in [3.63, 3.8) is 0 Å². The normalized spacial score (nSPS) is 16.0. The van der Waals surface area contributed by atoms with Crippen LogP contribution >= 0.6 is 0 Å². The van der Waals surface area contributed by atoms with Gasteiger partial charge in [-0.15, -0.1) is 10.2 Å². The van der Waals surface area contributed by atoms with Crippen molar-refractivity contribution in [3.8, 4) is 11.3 Å². The summed E-state index contributed by atoms with van der Waals surface area (Å²) in [6.45, 7) is 1.27. The van der Waals surface area contributed by atoms with E-state index in [9.17, 15) is 14.0 Å². The number of benzene rings is 2. The van der Waals surface area contributed by atoms with E-state index >= 15 is 0 Å². The zero-order chi connectivity index (χ0) is 21.8. The molecular formula is C23H22FN5O2. The number of hydrogen-bond acceptors (Lipinski definition) is 5. The highest BCUT2D eigenvalue weighted by Gasteiger charge is 2.27. The third-order valence-electron chi connectivity index (χ3n) is 5.36. The predicted octanol–water partition coefficient (Wildman–Crippen LogP) is 3.24. The summed E-state index contributed by atoms with van der Waals surface area (Å²) in [5.74, 6) is -0.620. The maximum atomic E-state index is 13.1. The Bertz CT molecular complexity index is 1090. The van der Waals surface area contributed by atoms with Crippen LogP contribution in [0.1, 0.15) is 23.2 Å². The van der Waals surface area contributed by atoms with Crippen molar-refractivity contribution in [1.82, 2.24) is 10.2 Å². The largest absolute Gasteiger partial charge is 0.366 e. The first-order valence-corrected chi connectivity index (χ1v) is 10.1. The maximum Gasteiger partial charge on any atom is 0.250 e. The van der Waals surface area contributed by atoms with Crippen LogP contribution < -0.4 is 16.0 Å². The van der Waals surface area contributed by atoms with Crippen LogP contribution in [0.4, 0.5) is 15.9 Å². The van der Waals surface area contributed by atoms with E-state index in [1.165, 1.54) is 12.1 Å². The third kappa shape index (κ3) is 4.69. The Morgan fingerprint density at radius 1 is 1.03 bits per heavy atom. The molecule has 8 heteroatoms. The van der Waals surface area contributed by atoms with Crippen molar-refractivity contribution in [2.45, 2.75) is 12.8 Å². The monoisotopic (exact) mass is 419 g/mol. The molecule has 0 spiro atoms. The van der Waals surface area contributed by atoms with Gasteiger partial charge >= 0.3 is 0 Å². The van der Waals surface area contributed by atoms with Gasteiger partial charge in [0.15, 0.2) is 5.82 Å². The number of primary amides is 1. The lowest BCUT2D eigenvalue weighted by atomic mass is 9.96. The number of anilines is 2. The number of rotatable bonds is 5. The van der Waals surface area contributed by atoms with Crippen LogP contribution in [-0.2, 0) is 4.79 Å². The highest BCUT2D eigenvalue weighted by atomic mass is 19.1. The zero-order valence-corrected chi connectivity index (χ0v) is 16.8. The third-order valence-corrected chi connectivity index (χ3v) is 5.36. The number of hydrogen-bond donors (Lipinski definition) is 2. The zero-order valence-electron chi connectivity index (χ0n) is 16.8. The number of aromatic nitrogens is 2. The molecule has 1 atom stereocenters. The summed E-state index contributed by atoms with van der Waals surface area (Å²) in [5.41, 5.74) is 7.53. The number of halogens is 1. The van der Waals surface area contributed by atoms with E-state index in [4.69, 9.17) is 5.73 Å². The van der Waals surface area contributed by atoms with Gasteiger partial charge in [-0.25, -0.2) is 4.39 Å². The molecule has 1 aliphatic rings. The van der Waals surface area contributed by atoms with Crippen molar-refractivity contribution in [3.05, 3.63) is 72.0 Å². The molecule has 0 aliphatic carbocycles. The van der Waals surface area contributed by atoms with Crippen molar-refractivity contribution in [1.29, 1.82) is 0 Å². The Labute approximate surface area is 179 Å². The number of piperidine rings is 1. The SMILES string of the molecule is NC(=O)c1ccccc1NC(=O)C1CCCN(c2ccc(-c3ccc(F)cc3)nn2)C1. The number of carbonyl (C=O) groups excluding carboxylic acids is 2. The predicted molar refractivity (Wildman–Crippen MR) is 116 cm³/mol. The van der Waals surface area contributed by atoms with Gasteiger partial charge < -0.3 is 16.0 Å². The van der Waals surface area contributed by atoms with Crippen molar-refractivity contribution in [2.75, 3.05) is 23.3 Å². The summed E-state index contributed by atoms with van der Waals surface area (Å²) < 4.78 is 13.1.